The van der Waals surface area contributed by atoms with Crippen molar-refractivity contribution in [2.75, 3.05) is 12.4 Å². The molecule has 0 radical (unpaired) electrons. The van der Waals surface area contributed by atoms with Gasteiger partial charge in [0.1, 0.15) is 0 Å². The van der Waals surface area contributed by atoms with E-state index in [1.165, 1.54) is 16.1 Å². The highest BCUT2D eigenvalue weighted by atomic mass is 32.1. The minimum Gasteiger partial charge on any atom is -0.357 e. The van der Waals surface area contributed by atoms with Crippen LogP contribution in [0.3, 0.4) is 0 Å². The lowest BCUT2D eigenvalue weighted by Gasteiger charge is -2.14. The fourth-order valence-electron chi connectivity index (χ4n) is 1.98. The van der Waals surface area contributed by atoms with Crippen molar-refractivity contribution in [1.29, 1.82) is 0 Å². The quantitative estimate of drug-likeness (QED) is 0.817. The molecular formula is C11H12N4S. The fourth-order valence-corrected chi connectivity index (χ4v) is 2.97. The highest BCUT2D eigenvalue weighted by molar-refractivity contribution is 7.15. The smallest absolute Gasteiger partial charge is 0.222 e. The fraction of sp³-hybridized carbons (Fsp3) is 0.364. The summed E-state index contributed by atoms with van der Waals surface area (Å²) in [6.45, 7) is 2.04. The van der Waals surface area contributed by atoms with Crippen molar-refractivity contribution in [1.82, 2.24) is 15.0 Å². The van der Waals surface area contributed by atoms with Crippen LogP contribution in [-0.2, 0) is 12.8 Å². The van der Waals surface area contributed by atoms with Gasteiger partial charge >= 0.3 is 0 Å². The number of hydrogen-bond donors (Lipinski definition) is 1. The summed E-state index contributed by atoms with van der Waals surface area (Å²) in [5, 5.41) is 4.09. The molecule has 0 saturated carbocycles. The molecule has 1 N–H and O–H groups in total. The number of rotatable bonds is 1. The van der Waals surface area contributed by atoms with E-state index in [1.54, 1.807) is 11.3 Å². The van der Waals surface area contributed by atoms with Crippen LogP contribution in [0.25, 0.3) is 10.6 Å². The number of hydrogen-bond acceptors (Lipinski definition) is 5. The molecule has 1 aliphatic carbocycles. The van der Waals surface area contributed by atoms with Crippen molar-refractivity contribution < 1.29 is 0 Å². The van der Waals surface area contributed by atoms with Crippen LogP contribution in [0.1, 0.15) is 16.3 Å². The molecule has 0 atom stereocenters. The van der Waals surface area contributed by atoms with Gasteiger partial charge in [0.2, 0.25) is 5.95 Å². The minimum absolute atomic E-state index is 0.678. The van der Waals surface area contributed by atoms with Crippen LogP contribution in [0.15, 0.2) is 6.20 Å². The normalized spacial score (nSPS) is 13.1. The van der Waals surface area contributed by atoms with Gasteiger partial charge in [-0.15, -0.1) is 11.3 Å². The second kappa shape index (κ2) is 3.52. The highest BCUT2D eigenvalue weighted by Gasteiger charge is 2.21. The van der Waals surface area contributed by atoms with Crippen LogP contribution >= 0.6 is 11.3 Å². The zero-order chi connectivity index (χ0) is 11.1. The number of aromatic nitrogens is 3. The molecule has 16 heavy (non-hydrogen) atoms. The predicted octanol–water partition coefficient (Wildman–Crippen LogP) is 2.05. The second-order valence-electron chi connectivity index (χ2n) is 3.83. The molecule has 0 amide bonds. The number of thiazole rings is 1. The summed E-state index contributed by atoms with van der Waals surface area (Å²) in [4.78, 5) is 14.6. The first-order valence-corrected chi connectivity index (χ1v) is 6.10. The summed E-state index contributed by atoms with van der Waals surface area (Å²) in [5.41, 5.74) is 3.48. The van der Waals surface area contributed by atoms with Gasteiger partial charge in [0, 0.05) is 13.2 Å². The van der Waals surface area contributed by atoms with Gasteiger partial charge < -0.3 is 5.32 Å². The maximum Gasteiger partial charge on any atom is 0.222 e. The third kappa shape index (κ3) is 1.39. The Balaban J connectivity index is 2.21. The van der Waals surface area contributed by atoms with E-state index < -0.39 is 0 Å². The number of nitrogens with zero attached hydrogens (tertiary/aromatic N) is 3. The van der Waals surface area contributed by atoms with Gasteiger partial charge in [-0.2, -0.15) is 0 Å². The summed E-state index contributed by atoms with van der Waals surface area (Å²) in [6, 6.07) is 0. The molecule has 0 aromatic carbocycles. The van der Waals surface area contributed by atoms with Crippen LogP contribution in [-0.4, -0.2) is 22.0 Å². The average Bonchev–Trinajstić information content (AvgIpc) is 2.69. The van der Waals surface area contributed by atoms with Crippen molar-refractivity contribution in [3.63, 3.8) is 0 Å². The van der Waals surface area contributed by atoms with E-state index in [-0.39, 0.29) is 0 Å². The molecule has 2 aromatic rings. The third-order valence-electron chi connectivity index (χ3n) is 2.74. The van der Waals surface area contributed by atoms with E-state index in [0.717, 1.165) is 23.5 Å². The molecule has 0 bridgehead atoms. The summed E-state index contributed by atoms with van der Waals surface area (Å²) in [5.74, 6) is 0.678. The van der Waals surface area contributed by atoms with E-state index >= 15 is 0 Å². The first kappa shape index (κ1) is 9.72. The van der Waals surface area contributed by atoms with Crippen molar-refractivity contribution in [2.45, 2.75) is 19.8 Å². The molecule has 0 aliphatic heterocycles. The maximum atomic E-state index is 4.54. The van der Waals surface area contributed by atoms with E-state index in [9.17, 15) is 0 Å². The Labute approximate surface area is 97.8 Å². The lowest BCUT2D eigenvalue weighted by Crippen LogP contribution is -2.07. The molecule has 2 heterocycles. The van der Waals surface area contributed by atoms with Crippen LogP contribution in [0.4, 0.5) is 5.95 Å². The monoisotopic (exact) mass is 232 g/mol. The molecule has 0 fully saturated rings. The van der Waals surface area contributed by atoms with E-state index in [0.29, 0.717) is 5.95 Å². The Kier molecular flexibility index (Phi) is 2.14. The minimum atomic E-state index is 0.678. The molecule has 0 spiro atoms. The molecule has 5 heteroatoms. The van der Waals surface area contributed by atoms with Crippen molar-refractivity contribution in [2.24, 2.45) is 0 Å². The highest BCUT2D eigenvalue weighted by Crippen LogP contribution is 2.36. The topological polar surface area (TPSA) is 50.7 Å². The Morgan fingerprint density at radius 3 is 3.00 bits per heavy atom. The molecule has 3 rings (SSSR count). The summed E-state index contributed by atoms with van der Waals surface area (Å²) < 4.78 is 0. The molecular weight excluding hydrogens is 220 g/mol. The van der Waals surface area contributed by atoms with Gasteiger partial charge in [-0.3, -0.25) is 0 Å². The second-order valence-corrected chi connectivity index (χ2v) is 5.03. The number of anilines is 1. The lowest BCUT2D eigenvalue weighted by atomic mass is 10.00. The Morgan fingerprint density at radius 2 is 2.19 bits per heavy atom. The van der Waals surface area contributed by atoms with Gasteiger partial charge in [0.25, 0.3) is 0 Å². The molecule has 2 aromatic heterocycles. The van der Waals surface area contributed by atoms with Crippen molar-refractivity contribution >= 4 is 17.3 Å². The van der Waals surface area contributed by atoms with E-state index in [4.69, 9.17) is 0 Å². The van der Waals surface area contributed by atoms with Crippen LogP contribution < -0.4 is 5.32 Å². The van der Waals surface area contributed by atoms with Gasteiger partial charge in [-0.25, -0.2) is 15.0 Å². The van der Waals surface area contributed by atoms with Crippen molar-refractivity contribution in [3.05, 3.63) is 22.5 Å². The Hall–Kier alpha value is -1.49. The Bertz CT molecular complexity index is 547. The van der Waals surface area contributed by atoms with Gasteiger partial charge in [-0.1, -0.05) is 0 Å². The maximum absolute atomic E-state index is 4.54. The number of aryl methyl sites for hydroxylation is 3. The van der Waals surface area contributed by atoms with Gasteiger partial charge in [-0.05, 0) is 25.3 Å². The summed E-state index contributed by atoms with van der Waals surface area (Å²) in [6.07, 6.45) is 3.93. The average molecular weight is 232 g/mol. The van der Waals surface area contributed by atoms with Crippen molar-refractivity contribution in [3.8, 4) is 10.6 Å². The molecule has 0 unspecified atom stereocenters. The van der Waals surface area contributed by atoms with E-state index in [1.807, 2.05) is 20.2 Å². The van der Waals surface area contributed by atoms with E-state index in [2.05, 4.69) is 20.3 Å². The summed E-state index contributed by atoms with van der Waals surface area (Å²) >= 11 is 1.72. The predicted molar refractivity (Wildman–Crippen MR) is 64.8 cm³/mol. The number of nitrogens with one attached hydrogen (secondary N) is 1. The third-order valence-corrected chi connectivity index (χ3v) is 3.76. The lowest BCUT2D eigenvalue weighted by molar-refractivity contribution is 0.883. The molecule has 1 aliphatic rings. The van der Waals surface area contributed by atoms with Crippen LogP contribution in [0, 0.1) is 6.92 Å². The zero-order valence-corrected chi connectivity index (χ0v) is 10.1. The van der Waals surface area contributed by atoms with Crippen LogP contribution in [0.2, 0.25) is 0 Å². The van der Waals surface area contributed by atoms with Crippen LogP contribution in [0.5, 0.6) is 0 Å². The number of fused-ring (bicyclic) bond motifs is 3. The SMILES string of the molecule is CNc1ncc2c(n1)-c1sc(C)nc1CC2. The van der Waals surface area contributed by atoms with Gasteiger partial charge in [0.15, 0.2) is 0 Å². The first-order chi connectivity index (χ1) is 7.78. The van der Waals surface area contributed by atoms with Gasteiger partial charge in [0.05, 0.1) is 21.3 Å². The summed E-state index contributed by atoms with van der Waals surface area (Å²) in [7, 11) is 1.84. The molecule has 4 nitrogen and oxygen atoms in total. The standard InChI is InChI=1S/C11H12N4S/c1-6-14-8-4-3-7-5-13-11(12-2)15-9(7)10(8)16-6/h5H,3-4H2,1-2H3,(H,12,13,15). The zero-order valence-electron chi connectivity index (χ0n) is 9.24. The Morgan fingerprint density at radius 1 is 1.31 bits per heavy atom. The molecule has 82 valence electrons. The first-order valence-electron chi connectivity index (χ1n) is 5.28. The largest absolute Gasteiger partial charge is 0.357 e. The molecule has 0 saturated heterocycles.